The molecule has 0 spiro atoms. The van der Waals surface area contributed by atoms with Crippen molar-refractivity contribution in [1.29, 1.82) is 0 Å². The molecular formula is C17H26N2O. The van der Waals surface area contributed by atoms with Crippen LogP contribution in [-0.2, 0) is 4.74 Å². The number of ether oxygens (including phenoxy) is 1. The Morgan fingerprint density at radius 3 is 2.65 bits per heavy atom. The van der Waals surface area contributed by atoms with Gasteiger partial charge in [-0.05, 0) is 44.0 Å². The minimum absolute atomic E-state index is 0.424. The standard InChI is InChI=1S/C17H26N2O/c1-12-10-16(19(3)13-8-9-20-11-13)17(18-2)15-7-5-4-6-14(12)15/h4-7,12-13,16-18H,8-11H2,1-3H3. The molecule has 3 rings (SSSR count). The number of fused-ring (bicyclic) bond motifs is 1. The lowest BCUT2D eigenvalue weighted by Gasteiger charge is -2.43. The molecule has 1 aromatic carbocycles. The van der Waals surface area contributed by atoms with E-state index in [1.807, 2.05) is 0 Å². The molecule has 0 saturated carbocycles. The van der Waals surface area contributed by atoms with Crippen molar-refractivity contribution in [2.45, 2.75) is 43.8 Å². The van der Waals surface area contributed by atoms with Crippen LogP contribution in [0, 0.1) is 0 Å². The molecule has 1 aliphatic carbocycles. The fourth-order valence-electron chi connectivity index (χ4n) is 3.94. The van der Waals surface area contributed by atoms with E-state index in [0.29, 0.717) is 24.0 Å². The van der Waals surface area contributed by atoms with Crippen LogP contribution in [0.4, 0.5) is 0 Å². The molecule has 3 heteroatoms. The Labute approximate surface area is 122 Å². The van der Waals surface area contributed by atoms with Crippen LogP contribution in [-0.4, -0.2) is 44.3 Å². The van der Waals surface area contributed by atoms with Gasteiger partial charge >= 0.3 is 0 Å². The second kappa shape index (κ2) is 5.84. The van der Waals surface area contributed by atoms with Crippen LogP contribution in [0.15, 0.2) is 24.3 Å². The number of rotatable bonds is 3. The van der Waals surface area contributed by atoms with Crippen LogP contribution in [0.3, 0.4) is 0 Å². The summed E-state index contributed by atoms with van der Waals surface area (Å²) in [5.74, 6) is 0.630. The highest BCUT2D eigenvalue weighted by atomic mass is 16.5. The quantitative estimate of drug-likeness (QED) is 0.917. The van der Waals surface area contributed by atoms with E-state index in [2.05, 4.69) is 55.5 Å². The first-order valence-corrected chi connectivity index (χ1v) is 7.78. The molecule has 1 saturated heterocycles. The molecule has 1 heterocycles. The highest BCUT2D eigenvalue weighted by Crippen LogP contribution is 2.40. The van der Waals surface area contributed by atoms with E-state index in [9.17, 15) is 0 Å². The highest BCUT2D eigenvalue weighted by Gasteiger charge is 2.37. The van der Waals surface area contributed by atoms with Crippen molar-refractivity contribution in [3.8, 4) is 0 Å². The van der Waals surface area contributed by atoms with Crippen molar-refractivity contribution in [2.75, 3.05) is 27.3 Å². The summed E-state index contributed by atoms with van der Waals surface area (Å²) < 4.78 is 5.57. The van der Waals surface area contributed by atoms with Gasteiger partial charge in [-0.2, -0.15) is 0 Å². The molecule has 20 heavy (non-hydrogen) atoms. The molecule has 1 N–H and O–H groups in total. The van der Waals surface area contributed by atoms with Gasteiger partial charge in [0.2, 0.25) is 0 Å². The topological polar surface area (TPSA) is 24.5 Å². The number of hydrogen-bond acceptors (Lipinski definition) is 3. The van der Waals surface area contributed by atoms with Gasteiger partial charge in [-0.3, -0.25) is 4.90 Å². The molecule has 4 atom stereocenters. The summed E-state index contributed by atoms with van der Waals surface area (Å²) in [6.07, 6.45) is 2.38. The predicted molar refractivity (Wildman–Crippen MR) is 82.0 cm³/mol. The zero-order chi connectivity index (χ0) is 14.1. The fraction of sp³-hybridized carbons (Fsp3) is 0.647. The van der Waals surface area contributed by atoms with Crippen molar-refractivity contribution < 1.29 is 4.74 Å². The molecule has 110 valence electrons. The van der Waals surface area contributed by atoms with Crippen LogP contribution in [0.2, 0.25) is 0 Å². The number of nitrogens with zero attached hydrogens (tertiary/aromatic N) is 1. The summed E-state index contributed by atoms with van der Waals surface area (Å²) in [6, 6.07) is 10.5. The van der Waals surface area contributed by atoms with E-state index in [4.69, 9.17) is 4.74 Å². The predicted octanol–water partition coefficient (Wildman–Crippen LogP) is 2.54. The Kier molecular flexibility index (Phi) is 4.11. The van der Waals surface area contributed by atoms with E-state index in [1.165, 1.54) is 24.0 Å². The second-order valence-corrected chi connectivity index (χ2v) is 6.28. The maximum Gasteiger partial charge on any atom is 0.0622 e. The molecule has 0 radical (unpaired) electrons. The molecule has 1 aliphatic heterocycles. The van der Waals surface area contributed by atoms with Crippen LogP contribution >= 0.6 is 0 Å². The van der Waals surface area contributed by atoms with E-state index in [-0.39, 0.29) is 0 Å². The highest BCUT2D eigenvalue weighted by molar-refractivity contribution is 5.36. The zero-order valence-electron chi connectivity index (χ0n) is 12.8. The monoisotopic (exact) mass is 274 g/mol. The SMILES string of the molecule is CNC1c2ccccc2C(C)CC1N(C)C1CCOC1. The Morgan fingerprint density at radius 2 is 2.00 bits per heavy atom. The zero-order valence-corrected chi connectivity index (χ0v) is 12.8. The summed E-state index contributed by atoms with van der Waals surface area (Å²) in [5, 5.41) is 3.55. The van der Waals surface area contributed by atoms with E-state index >= 15 is 0 Å². The third-order valence-electron chi connectivity index (χ3n) is 5.16. The average molecular weight is 274 g/mol. The van der Waals surface area contributed by atoms with Crippen LogP contribution in [0.5, 0.6) is 0 Å². The fourth-order valence-corrected chi connectivity index (χ4v) is 3.94. The van der Waals surface area contributed by atoms with Gasteiger partial charge in [0.25, 0.3) is 0 Å². The summed E-state index contributed by atoms with van der Waals surface area (Å²) in [5.41, 5.74) is 2.99. The van der Waals surface area contributed by atoms with Crippen molar-refractivity contribution in [1.82, 2.24) is 10.2 Å². The molecule has 3 nitrogen and oxygen atoms in total. The summed E-state index contributed by atoms with van der Waals surface area (Å²) in [4.78, 5) is 2.56. The minimum Gasteiger partial charge on any atom is -0.380 e. The summed E-state index contributed by atoms with van der Waals surface area (Å²) in [6.45, 7) is 4.16. The number of nitrogens with one attached hydrogen (secondary N) is 1. The van der Waals surface area contributed by atoms with E-state index in [1.54, 1.807) is 0 Å². The minimum atomic E-state index is 0.424. The smallest absolute Gasteiger partial charge is 0.0622 e. The van der Waals surface area contributed by atoms with Crippen LogP contribution < -0.4 is 5.32 Å². The third kappa shape index (κ3) is 2.39. The van der Waals surface area contributed by atoms with E-state index in [0.717, 1.165) is 13.2 Å². The van der Waals surface area contributed by atoms with Gasteiger partial charge in [-0.25, -0.2) is 0 Å². The van der Waals surface area contributed by atoms with Crippen molar-refractivity contribution >= 4 is 0 Å². The Balaban J connectivity index is 1.88. The average Bonchev–Trinajstić information content (AvgIpc) is 3.01. The molecule has 0 aromatic heterocycles. The summed E-state index contributed by atoms with van der Waals surface area (Å²) in [7, 11) is 4.36. The van der Waals surface area contributed by atoms with Gasteiger partial charge in [0.1, 0.15) is 0 Å². The van der Waals surface area contributed by atoms with Crippen molar-refractivity contribution in [2.24, 2.45) is 0 Å². The van der Waals surface area contributed by atoms with Crippen molar-refractivity contribution in [3.05, 3.63) is 35.4 Å². The molecule has 0 amide bonds. The van der Waals surface area contributed by atoms with Crippen molar-refractivity contribution in [3.63, 3.8) is 0 Å². The molecule has 4 unspecified atom stereocenters. The van der Waals surface area contributed by atoms with Crippen LogP contribution in [0.25, 0.3) is 0 Å². The van der Waals surface area contributed by atoms with Gasteiger partial charge in [0, 0.05) is 24.7 Å². The lowest BCUT2D eigenvalue weighted by atomic mass is 9.77. The van der Waals surface area contributed by atoms with Gasteiger partial charge in [-0.15, -0.1) is 0 Å². The summed E-state index contributed by atoms with van der Waals surface area (Å²) >= 11 is 0. The Bertz CT molecular complexity index is 456. The van der Waals surface area contributed by atoms with E-state index < -0.39 is 0 Å². The third-order valence-corrected chi connectivity index (χ3v) is 5.16. The first-order valence-electron chi connectivity index (χ1n) is 7.78. The number of hydrogen-bond donors (Lipinski definition) is 1. The van der Waals surface area contributed by atoms with Gasteiger partial charge in [0.15, 0.2) is 0 Å². The van der Waals surface area contributed by atoms with Gasteiger partial charge in [0.05, 0.1) is 6.61 Å². The largest absolute Gasteiger partial charge is 0.380 e. The molecule has 2 aliphatic rings. The maximum absolute atomic E-state index is 5.57. The maximum atomic E-state index is 5.57. The molecule has 0 bridgehead atoms. The lowest BCUT2D eigenvalue weighted by molar-refractivity contribution is 0.100. The molecule has 1 aromatic rings. The second-order valence-electron chi connectivity index (χ2n) is 6.28. The molecule has 1 fully saturated rings. The number of benzene rings is 1. The Morgan fingerprint density at radius 1 is 1.25 bits per heavy atom. The Hall–Kier alpha value is -0.900. The first kappa shape index (κ1) is 14.1. The number of likely N-dealkylation sites (N-methyl/N-ethyl adjacent to an activating group) is 2. The normalized spacial score (nSPS) is 33.4. The molecular weight excluding hydrogens is 248 g/mol. The first-order chi connectivity index (χ1) is 9.72. The van der Waals surface area contributed by atoms with Crippen LogP contribution in [0.1, 0.15) is 42.9 Å². The lowest BCUT2D eigenvalue weighted by Crippen LogP contribution is -2.49. The van der Waals surface area contributed by atoms with Gasteiger partial charge in [-0.1, -0.05) is 31.2 Å². The van der Waals surface area contributed by atoms with Gasteiger partial charge < -0.3 is 10.1 Å².